The molecule has 1 rings (SSSR count). The number of hydrogen-bond acceptors (Lipinski definition) is 4. The van der Waals surface area contributed by atoms with Crippen molar-refractivity contribution >= 4 is 5.97 Å². The number of carbonyl (C=O) groups excluding carboxylic acids is 1. The van der Waals surface area contributed by atoms with Crippen LogP contribution in [-0.4, -0.2) is 49.2 Å². The van der Waals surface area contributed by atoms with Crippen molar-refractivity contribution in [1.82, 2.24) is 10.2 Å². The second-order valence-electron chi connectivity index (χ2n) is 4.31. The number of ether oxygens (including phenoxy) is 1. The van der Waals surface area contributed by atoms with E-state index in [1.54, 1.807) is 0 Å². The molecule has 1 saturated heterocycles. The Kier molecular flexibility index (Phi) is 5.77. The maximum Gasteiger partial charge on any atom is 0.323 e. The topological polar surface area (TPSA) is 41.6 Å². The number of nitrogens with one attached hydrogen (secondary N) is 1. The smallest absolute Gasteiger partial charge is 0.323 e. The van der Waals surface area contributed by atoms with Crippen LogP contribution in [0.5, 0.6) is 0 Å². The second-order valence-corrected chi connectivity index (χ2v) is 4.31. The maximum atomic E-state index is 11.6. The van der Waals surface area contributed by atoms with Gasteiger partial charge in [-0.3, -0.25) is 9.69 Å². The fourth-order valence-corrected chi connectivity index (χ4v) is 2.17. The van der Waals surface area contributed by atoms with E-state index in [0.29, 0.717) is 12.6 Å². The zero-order valence-corrected chi connectivity index (χ0v) is 10.7. The molecule has 2 unspecified atom stereocenters. The number of likely N-dealkylation sites (N-methyl/N-ethyl adjacent to an activating group) is 1. The molecule has 2 atom stereocenters. The van der Waals surface area contributed by atoms with Gasteiger partial charge >= 0.3 is 5.97 Å². The SMILES string of the molecule is CCOC(=O)C(C)N(CC)CC1CCCN1. The third-order valence-corrected chi connectivity index (χ3v) is 3.20. The molecule has 0 aromatic rings. The molecular formula is C12H24N2O2. The summed E-state index contributed by atoms with van der Waals surface area (Å²) >= 11 is 0. The highest BCUT2D eigenvalue weighted by molar-refractivity contribution is 5.75. The molecule has 0 amide bonds. The Hall–Kier alpha value is -0.610. The summed E-state index contributed by atoms with van der Waals surface area (Å²) in [5, 5.41) is 3.45. The average molecular weight is 228 g/mol. The van der Waals surface area contributed by atoms with Crippen molar-refractivity contribution < 1.29 is 9.53 Å². The van der Waals surface area contributed by atoms with E-state index in [4.69, 9.17) is 4.74 Å². The lowest BCUT2D eigenvalue weighted by Gasteiger charge is -2.28. The van der Waals surface area contributed by atoms with Gasteiger partial charge in [0, 0.05) is 12.6 Å². The zero-order valence-electron chi connectivity index (χ0n) is 10.7. The van der Waals surface area contributed by atoms with E-state index in [1.165, 1.54) is 12.8 Å². The van der Waals surface area contributed by atoms with Crippen LogP contribution in [0, 0.1) is 0 Å². The van der Waals surface area contributed by atoms with Crippen LogP contribution in [0.15, 0.2) is 0 Å². The summed E-state index contributed by atoms with van der Waals surface area (Å²) in [5.74, 6) is -0.109. The molecule has 16 heavy (non-hydrogen) atoms. The lowest BCUT2D eigenvalue weighted by atomic mass is 10.2. The highest BCUT2D eigenvalue weighted by Gasteiger charge is 2.25. The normalized spacial score (nSPS) is 22.4. The third-order valence-electron chi connectivity index (χ3n) is 3.20. The van der Waals surface area contributed by atoms with Crippen LogP contribution in [0.2, 0.25) is 0 Å². The molecule has 0 aliphatic carbocycles. The van der Waals surface area contributed by atoms with E-state index in [1.807, 2.05) is 13.8 Å². The van der Waals surface area contributed by atoms with Crippen molar-refractivity contribution in [2.75, 3.05) is 26.2 Å². The average Bonchev–Trinajstić information content (AvgIpc) is 2.78. The molecule has 0 radical (unpaired) electrons. The third kappa shape index (κ3) is 3.76. The minimum atomic E-state index is -0.132. The molecule has 94 valence electrons. The van der Waals surface area contributed by atoms with Crippen LogP contribution in [0.4, 0.5) is 0 Å². The van der Waals surface area contributed by atoms with Crippen molar-refractivity contribution in [2.45, 2.75) is 45.7 Å². The van der Waals surface area contributed by atoms with Gasteiger partial charge in [0.2, 0.25) is 0 Å². The number of rotatable bonds is 6. The van der Waals surface area contributed by atoms with Crippen LogP contribution in [0.1, 0.15) is 33.6 Å². The van der Waals surface area contributed by atoms with Crippen molar-refractivity contribution in [3.8, 4) is 0 Å². The van der Waals surface area contributed by atoms with Gasteiger partial charge in [-0.25, -0.2) is 0 Å². The first-order chi connectivity index (χ1) is 7.69. The molecule has 1 heterocycles. The van der Waals surface area contributed by atoms with E-state index in [9.17, 15) is 4.79 Å². The summed E-state index contributed by atoms with van der Waals surface area (Å²) in [4.78, 5) is 13.8. The Labute approximate surface area is 98.3 Å². The Morgan fingerprint density at radius 1 is 1.56 bits per heavy atom. The fraction of sp³-hybridized carbons (Fsp3) is 0.917. The Morgan fingerprint density at radius 2 is 2.31 bits per heavy atom. The van der Waals surface area contributed by atoms with Gasteiger partial charge in [0.25, 0.3) is 0 Å². The quantitative estimate of drug-likeness (QED) is 0.689. The van der Waals surface area contributed by atoms with Gasteiger partial charge < -0.3 is 10.1 Å². The number of nitrogens with zero attached hydrogens (tertiary/aromatic N) is 1. The summed E-state index contributed by atoms with van der Waals surface area (Å²) in [5.41, 5.74) is 0. The molecule has 0 aromatic heterocycles. The summed E-state index contributed by atoms with van der Waals surface area (Å²) in [6.07, 6.45) is 2.46. The zero-order chi connectivity index (χ0) is 12.0. The molecular weight excluding hydrogens is 204 g/mol. The summed E-state index contributed by atoms with van der Waals surface area (Å²) < 4.78 is 5.05. The summed E-state index contributed by atoms with van der Waals surface area (Å²) in [6, 6.07) is 0.407. The van der Waals surface area contributed by atoms with Crippen molar-refractivity contribution in [3.05, 3.63) is 0 Å². The van der Waals surface area contributed by atoms with E-state index >= 15 is 0 Å². The second kappa shape index (κ2) is 6.86. The van der Waals surface area contributed by atoms with Gasteiger partial charge in [0.1, 0.15) is 6.04 Å². The number of hydrogen-bond donors (Lipinski definition) is 1. The van der Waals surface area contributed by atoms with E-state index in [2.05, 4.69) is 17.1 Å². The minimum absolute atomic E-state index is 0.109. The van der Waals surface area contributed by atoms with Gasteiger partial charge in [-0.05, 0) is 39.8 Å². The summed E-state index contributed by atoms with van der Waals surface area (Å²) in [7, 11) is 0. The highest BCUT2D eigenvalue weighted by atomic mass is 16.5. The Balaban J connectivity index is 2.41. The van der Waals surface area contributed by atoms with Gasteiger partial charge in [-0.1, -0.05) is 6.92 Å². The van der Waals surface area contributed by atoms with E-state index < -0.39 is 0 Å². The Morgan fingerprint density at radius 3 is 2.81 bits per heavy atom. The monoisotopic (exact) mass is 228 g/mol. The standard InChI is InChI=1S/C12H24N2O2/c1-4-14(9-11-7-6-8-13-11)10(3)12(15)16-5-2/h10-11,13H,4-9H2,1-3H3. The predicted molar refractivity (Wildman–Crippen MR) is 64.4 cm³/mol. The minimum Gasteiger partial charge on any atom is -0.465 e. The summed E-state index contributed by atoms with van der Waals surface area (Å²) in [6.45, 7) is 9.26. The van der Waals surface area contributed by atoms with Gasteiger partial charge in [-0.15, -0.1) is 0 Å². The fourth-order valence-electron chi connectivity index (χ4n) is 2.17. The molecule has 0 bridgehead atoms. The van der Waals surface area contributed by atoms with Crippen molar-refractivity contribution in [2.24, 2.45) is 0 Å². The molecule has 0 spiro atoms. The van der Waals surface area contributed by atoms with Crippen LogP contribution in [0.3, 0.4) is 0 Å². The van der Waals surface area contributed by atoms with Crippen molar-refractivity contribution in [1.29, 1.82) is 0 Å². The first-order valence-corrected chi connectivity index (χ1v) is 6.33. The van der Waals surface area contributed by atoms with Crippen LogP contribution < -0.4 is 5.32 Å². The van der Waals surface area contributed by atoms with Gasteiger partial charge in [0.15, 0.2) is 0 Å². The van der Waals surface area contributed by atoms with Crippen LogP contribution in [0.25, 0.3) is 0 Å². The van der Waals surface area contributed by atoms with Gasteiger partial charge in [0.05, 0.1) is 6.61 Å². The number of esters is 1. The largest absolute Gasteiger partial charge is 0.465 e. The molecule has 1 aliphatic rings. The van der Waals surface area contributed by atoms with E-state index in [-0.39, 0.29) is 12.0 Å². The molecule has 0 aromatic carbocycles. The molecule has 1 aliphatic heterocycles. The molecule has 4 nitrogen and oxygen atoms in total. The molecule has 4 heteroatoms. The molecule has 1 N–H and O–H groups in total. The highest BCUT2D eigenvalue weighted by Crippen LogP contribution is 2.10. The Bertz CT molecular complexity index is 215. The number of carbonyl (C=O) groups is 1. The lowest BCUT2D eigenvalue weighted by Crippen LogP contribution is -2.46. The van der Waals surface area contributed by atoms with E-state index in [0.717, 1.165) is 19.6 Å². The van der Waals surface area contributed by atoms with Crippen molar-refractivity contribution in [3.63, 3.8) is 0 Å². The maximum absolute atomic E-state index is 11.6. The molecule has 0 saturated carbocycles. The van der Waals surface area contributed by atoms with Gasteiger partial charge in [-0.2, -0.15) is 0 Å². The predicted octanol–water partition coefficient (Wildman–Crippen LogP) is 1.01. The molecule has 1 fully saturated rings. The lowest BCUT2D eigenvalue weighted by molar-refractivity contribution is -0.148. The first-order valence-electron chi connectivity index (χ1n) is 6.33. The van der Waals surface area contributed by atoms with Crippen LogP contribution in [-0.2, 0) is 9.53 Å². The van der Waals surface area contributed by atoms with Crippen LogP contribution >= 0.6 is 0 Å². The first kappa shape index (κ1) is 13.5.